The Labute approximate surface area is 134 Å². The molecule has 7 nitrogen and oxygen atoms in total. The summed E-state index contributed by atoms with van der Waals surface area (Å²) in [7, 11) is -3.11. The lowest BCUT2D eigenvalue weighted by molar-refractivity contribution is -0.114. The van der Waals surface area contributed by atoms with Gasteiger partial charge in [-0.3, -0.25) is 9.69 Å². The van der Waals surface area contributed by atoms with Gasteiger partial charge in [0, 0.05) is 31.1 Å². The van der Waals surface area contributed by atoms with Crippen LogP contribution in [0, 0.1) is 5.92 Å². The first-order chi connectivity index (χ1) is 10.4. The Morgan fingerprint density at radius 1 is 1.50 bits per heavy atom. The molecule has 2 fully saturated rings. The largest absolute Gasteiger partial charge is 0.302 e. The van der Waals surface area contributed by atoms with Crippen molar-refractivity contribution in [3.8, 4) is 0 Å². The minimum absolute atomic E-state index is 0.124. The summed E-state index contributed by atoms with van der Waals surface area (Å²) in [6.45, 7) is 4.46. The predicted octanol–water partition coefficient (Wildman–Crippen LogP) is 0.615. The maximum absolute atomic E-state index is 11.9. The van der Waals surface area contributed by atoms with E-state index in [0.29, 0.717) is 18.1 Å². The fraction of sp³-hybridized carbons (Fsp3) is 0.692. The lowest BCUT2D eigenvalue weighted by atomic mass is 10.0. The van der Waals surface area contributed by atoms with Crippen molar-refractivity contribution < 1.29 is 13.2 Å². The van der Waals surface area contributed by atoms with Gasteiger partial charge < -0.3 is 5.32 Å². The van der Waals surface area contributed by atoms with E-state index >= 15 is 0 Å². The zero-order valence-electron chi connectivity index (χ0n) is 12.4. The van der Waals surface area contributed by atoms with Crippen LogP contribution >= 0.6 is 11.3 Å². The zero-order chi connectivity index (χ0) is 15.7. The van der Waals surface area contributed by atoms with E-state index < -0.39 is 10.0 Å². The monoisotopic (exact) mass is 344 g/mol. The number of nitrogens with zero attached hydrogens (tertiary/aromatic N) is 2. The van der Waals surface area contributed by atoms with Crippen LogP contribution in [-0.2, 0) is 21.4 Å². The van der Waals surface area contributed by atoms with Gasteiger partial charge in [0.15, 0.2) is 5.13 Å². The summed E-state index contributed by atoms with van der Waals surface area (Å²) in [5, 5.41) is 3.05. The van der Waals surface area contributed by atoms with E-state index in [1.807, 2.05) is 0 Å². The van der Waals surface area contributed by atoms with Crippen LogP contribution in [-0.4, -0.2) is 49.1 Å². The maximum atomic E-state index is 11.9. The third kappa shape index (κ3) is 3.48. The van der Waals surface area contributed by atoms with Crippen LogP contribution in [0.2, 0.25) is 0 Å². The average Bonchev–Trinajstić information content (AvgIpc) is 2.89. The molecule has 22 heavy (non-hydrogen) atoms. The van der Waals surface area contributed by atoms with Crippen molar-refractivity contribution in [3.63, 3.8) is 0 Å². The van der Waals surface area contributed by atoms with E-state index in [0.717, 1.165) is 30.9 Å². The summed E-state index contributed by atoms with van der Waals surface area (Å²) >= 11 is 1.47. The number of aromatic nitrogens is 1. The molecule has 0 aromatic carbocycles. The van der Waals surface area contributed by atoms with Gasteiger partial charge in [-0.2, -0.15) is 0 Å². The van der Waals surface area contributed by atoms with Crippen molar-refractivity contribution >= 4 is 32.4 Å². The highest BCUT2D eigenvalue weighted by Crippen LogP contribution is 2.29. The number of fused-ring (bicyclic) bond motifs is 1. The van der Waals surface area contributed by atoms with Gasteiger partial charge in [0.1, 0.15) is 0 Å². The number of hydrogen-bond acceptors (Lipinski definition) is 6. The number of rotatable bonds is 3. The molecule has 0 bridgehead atoms. The Kier molecular flexibility index (Phi) is 4.49. The van der Waals surface area contributed by atoms with Gasteiger partial charge in [-0.15, -0.1) is 11.3 Å². The third-order valence-corrected chi connectivity index (χ3v) is 7.12. The summed E-state index contributed by atoms with van der Waals surface area (Å²) in [6.07, 6.45) is 3.35. The summed E-state index contributed by atoms with van der Waals surface area (Å²) in [6, 6.07) is 0. The molecule has 1 aromatic heterocycles. The van der Waals surface area contributed by atoms with E-state index in [1.165, 1.54) is 18.3 Å². The first-order valence-electron chi connectivity index (χ1n) is 7.37. The normalized spacial score (nSPS) is 28.0. The van der Waals surface area contributed by atoms with E-state index in [-0.39, 0.29) is 17.1 Å². The topological polar surface area (TPSA) is 91.4 Å². The quantitative estimate of drug-likeness (QED) is 0.838. The van der Waals surface area contributed by atoms with Gasteiger partial charge in [-0.25, -0.2) is 18.1 Å². The number of hydrogen-bond donors (Lipinski definition) is 2. The first kappa shape index (κ1) is 15.9. The second-order valence-corrected chi connectivity index (χ2v) is 8.96. The molecule has 9 heteroatoms. The van der Waals surface area contributed by atoms with Crippen LogP contribution < -0.4 is 10.0 Å². The highest BCUT2D eigenvalue weighted by molar-refractivity contribution is 7.90. The third-order valence-electron chi connectivity index (χ3n) is 4.23. The smallest absolute Gasteiger partial charge is 0.223 e. The SMILES string of the molecule is CC(=O)Nc1ncc(CN2CCC3CNS(=O)(=O)C3CC2)s1. The number of amides is 1. The number of nitrogens with one attached hydrogen (secondary N) is 2. The summed E-state index contributed by atoms with van der Waals surface area (Å²) in [5.74, 6) is 0.104. The lowest BCUT2D eigenvalue weighted by Gasteiger charge is -2.19. The molecule has 2 aliphatic rings. The Morgan fingerprint density at radius 2 is 2.27 bits per heavy atom. The average molecular weight is 344 g/mol. The highest BCUT2D eigenvalue weighted by atomic mass is 32.2. The molecule has 2 atom stereocenters. The van der Waals surface area contributed by atoms with Gasteiger partial charge in [-0.1, -0.05) is 0 Å². The van der Waals surface area contributed by atoms with Gasteiger partial charge in [0.05, 0.1) is 5.25 Å². The van der Waals surface area contributed by atoms with E-state index in [4.69, 9.17) is 0 Å². The molecular weight excluding hydrogens is 324 g/mol. The van der Waals surface area contributed by atoms with Gasteiger partial charge in [-0.05, 0) is 31.8 Å². The number of anilines is 1. The van der Waals surface area contributed by atoms with Crippen LogP contribution in [0.1, 0.15) is 24.6 Å². The fourth-order valence-electron chi connectivity index (χ4n) is 3.13. The molecule has 3 heterocycles. The van der Waals surface area contributed by atoms with Crippen LogP contribution in [0.4, 0.5) is 5.13 Å². The highest BCUT2D eigenvalue weighted by Gasteiger charge is 2.41. The molecule has 122 valence electrons. The Morgan fingerprint density at radius 3 is 3.05 bits per heavy atom. The molecule has 0 radical (unpaired) electrons. The maximum Gasteiger partial charge on any atom is 0.223 e. The van der Waals surface area contributed by atoms with Crippen molar-refractivity contribution in [1.29, 1.82) is 0 Å². The number of likely N-dealkylation sites (tertiary alicyclic amines) is 1. The molecule has 2 N–H and O–H groups in total. The Bertz CT molecular complexity index is 658. The molecule has 2 aliphatic heterocycles. The van der Waals surface area contributed by atoms with Crippen molar-refractivity contribution in [1.82, 2.24) is 14.6 Å². The van der Waals surface area contributed by atoms with Crippen molar-refractivity contribution in [2.45, 2.75) is 31.6 Å². The van der Waals surface area contributed by atoms with Gasteiger partial charge in [0.2, 0.25) is 15.9 Å². The molecule has 3 rings (SSSR count). The predicted molar refractivity (Wildman–Crippen MR) is 85.1 cm³/mol. The minimum Gasteiger partial charge on any atom is -0.302 e. The van der Waals surface area contributed by atoms with Crippen LogP contribution in [0.5, 0.6) is 0 Å². The lowest BCUT2D eigenvalue weighted by Crippen LogP contribution is -2.28. The van der Waals surface area contributed by atoms with Crippen LogP contribution in [0.15, 0.2) is 6.20 Å². The molecule has 0 aliphatic carbocycles. The molecule has 2 saturated heterocycles. The molecule has 0 saturated carbocycles. The number of carbonyl (C=O) groups is 1. The summed E-state index contributed by atoms with van der Waals surface area (Å²) in [4.78, 5) is 18.5. The fourth-order valence-corrected chi connectivity index (χ4v) is 5.85. The minimum atomic E-state index is -3.11. The summed E-state index contributed by atoms with van der Waals surface area (Å²) in [5.41, 5.74) is 0. The van der Waals surface area contributed by atoms with Crippen LogP contribution in [0.3, 0.4) is 0 Å². The van der Waals surface area contributed by atoms with E-state index in [9.17, 15) is 13.2 Å². The molecule has 1 aromatic rings. The standard InChI is InChI=1S/C13H20N4O3S2/c1-9(18)16-13-14-7-11(21-13)8-17-4-2-10-6-15-22(19,20)12(10)3-5-17/h7,10,12,15H,2-6,8H2,1H3,(H,14,16,18). The molecule has 0 spiro atoms. The van der Waals surface area contributed by atoms with Crippen molar-refractivity contribution in [2.75, 3.05) is 25.0 Å². The van der Waals surface area contributed by atoms with E-state index in [1.54, 1.807) is 6.20 Å². The molecular formula is C13H20N4O3S2. The van der Waals surface area contributed by atoms with Crippen molar-refractivity contribution in [2.24, 2.45) is 5.92 Å². The van der Waals surface area contributed by atoms with Crippen LogP contribution in [0.25, 0.3) is 0 Å². The van der Waals surface area contributed by atoms with Crippen molar-refractivity contribution in [3.05, 3.63) is 11.1 Å². The molecule has 2 unspecified atom stereocenters. The Hall–Kier alpha value is -1.03. The number of thiazole rings is 1. The van der Waals surface area contributed by atoms with Gasteiger partial charge in [0.25, 0.3) is 0 Å². The zero-order valence-corrected chi connectivity index (χ0v) is 14.0. The number of carbonyl (C=O) groups excluding carboxylic acids is 1. The van der Waals surface area contributed by atoms with Gasteiger partial charge >= 0.3 is 0 Å². The summed E-state index contributed by atoms with van der Waals surface area (Å²) < 4.78 is 26.5. The first-order valence-corrected chi connectivity index (χ1v) is 9.73. The second-order valence-electron chi connectivity index (χ2n) is 5.86. The number of sulfonamides is 1. The second kappa shape index (κ2) is 6.23. The Balaban J connectivity index is 1.60. The van der Waals surface area contributed by atoms with E-state index in [2.05, 4.69) is 19.9 Å². The molecule has 1 amide bonds.